The summed E-state index contributed by atoms with van der Waals surface area (Å²) >= 11 is 1.46. The average molecular weight is 231 g/mol. The summed E-state index contributed by atoms with van der Waals surface area (Å²) in [6.45, 7) is 0. The molecule has 0 spiro atoms. The number of nitrogens with zero attached hydrogens (tertiary/aromatic N) is 1. The van der Waals surface area contributed by atoms with Gasteiger partial charge in [-0.05, 0) is 17.6 Å². The van der Waals surface area contributed by atoms with E-state index in [0.717, 1.165) is 4.91 Å². The first-order chi connectivity index (χ1) is 7.79. The molecule has 3 nitrogen and oxygen atoms in total. The van der Waals surface area contributed by atoms with Crippen molar-refractivity contribution in [3.63, 3.8) is 0 Å². The second kappa shape index (κ2) is 4.81. The first-order valence-corrected chi connectivity index (χ1v) is 5.55. The fraction of sp³-hybridized carbons (Fsp3) is 0. The van der Waals surface area contributed by atoms with Crippen LogP contribution in [0.5, 0.6) is 0 Å². The third-order valence-electron chi connectivity index (χ3n) is 2.06. The molecule has 0 atom stereocenters. The van der Waals surface area contributed by atoms with Crippen molar-refractivity contribution < 1.29 is 9.90 Å². The Hall–Kier alpha value is -1.81. The van der Waals surface area contributed by atoms with E-state index in [1.807, 2.05) is 17.6 Å². The van der Waals surface area contributed by atoms with Crippen LogP contribution in [-0.2, 0) is 0 Å². The monoisotopic (exact) mass is 231 g/mol. The summed E-state index contributed by atoms with van der Waals surface area (Å²) in [6.07, 6.45) is 5.16. The van der Waals surface area contributed by atoms with Crippen molar-refractivity contribution >= 4 is 28.9 Å². The second-order valence-electron chi connectivity index (χ2n) is 3.09. The van der Waals surface area contributed by atoms with Gasteiger partial charge in [0.25, 0.3) is 0 Å². The molecule has 0 fully saturated rings. The molecule has 0 aliphatic carbocycles. The maximum atomic E-state index is 11.1. The van der Waals surface area contributed by atoms with Crippen molar-refractivity contribution in [3.8, 4) is 0 Å². The average Bonchev–Trinajstić information content (AvgIpc) is 2.57. The van der Waals surface area contributed by atoms with Gasteiger partial charge < -0.3 is 5.11 Å². The summed E-state index contributed by atoms with van der Waals surface area (Å²) in [5.41, 5.74) is 0.996. The molecule has 16 heavy (non-hydrogen) atoms. The molecular weight excluding hydrogens is 222 g/mol. The third kappa shape index (κ3) is 2.23. The van der Waals surface area contributed by atoms with Crippen molar-refractivity contribution in [1.82, 2.24) is 0 Å². The predicted octanol–water partition coefficient (Wildman–Crippen LogP) is 3.01. The fourth-order valence-electron chi connectivity index (χ4n) is 1.36. The highest BCUT2D eigenvalue weighted by Crippen LogP contribution is 2.31. The Labute approximate surface area is 97.2 Å². The number of hydrogen-bond donors (Lipinski definition) is 1. The van der Waals surface area contributed by atoms with Gasteiger partial charge in [0.2, 0.25) is 0 Å². The summed E-state index contributed by atoms with van der Waals surface area (Å²) < 4.78 is 0. The van der Waals surface area contributed by atoms with E-state index in [2.05, 4.69) is 4.99 Å². The third-order valence-corrected chi connectivity index (χ3v) is 2.93. The van der Waals surface area contributed by atoms with Crippen LogP contribution in [0.4, 0.5) is 0 Å². The van der Waals surface area contributed by atoms with Gasteiger partial charge in [-0.1, -0.05) is 30.0 Å². The van der Waals surface area contributed by atoms with Gasteiger partial charge in [0.05, 0.1) is 5.56 Å². The van der Waals surface area contributed by atoms with Gasteiger partial charge in [-0.25, -0.2) is 4.79 Å². The van der Waals surface area contributed by atoms with E-state index in [4.69, 9.17) is 5.11 Å². The molecule has 0 unspecified atom stereocenters. The summed E-state index contributed by atoms with van der Waals surface area (Å²) in [4.78, 5) is 15.9. The molecule has 0 saturated carbocycles. The zero-order valence-corrected chi connectivity index (χ0v) is 9.15. The number of rotatable bonds is 2. The maximum Gasteiger partial charge on any atom is 0.336 e. The van der Waals surface area contributed by atoms with Crippen LogP contribution < -0.4 is 0 Å². The van der Waals surface area contributed by atoms with Crippen molar-refractivity contribution in [3.05, 3.63) is 53.1 Å². The number of hydrogen-bond acceptors (Lipinski definition) is 3. The Bertz CT molecular complexity index is 503. The second-order valence-corrected chi connectivity index (χ2v) is 4.04. The Kier molecular flexibility index (Phi) is 3.22. The molecule has 0 saturated heterocycles. The van der Waals surface area contributed by atoms with Gasteiger partial charge in [0.1, 0.15) is 0 Å². The SMILES string of the molecule is O=C(O)c1ccccc1C1=CN=CC=CS1. The van der Waals surface area contributed by atoms with Crippen LogP contribution >= 0.6 is 11.8 Å². The number of aromatic carboxylic acids is 1. The van der Waals surface area contributed by atoms with Gasteiger partial charge >= 0.3 is 5.97 Å². The Balaban J connectivity index is 2.47. The van der Waals surface area contributed by atoms with E-state index < -0.39 is 5.97 Å². The maximum absolute atomic E-state index is 11.1. The van der Waals surface area contributed by atoms with E-state index >= 15 is 0 Å². The largest absolute Gasteiger partial charge is 0.478 e. The molecule has 1 aliphatic rings. The minimum absolute atomic E-state index is 0.298. The lowest BCUT2D eigenvalue weighted by atomic mass is 10.1. The quantitative estimate of drug-likeness (QED) is 0.851. The molecule has 1 aliphatic heterocycles. The highest BCUT2D eigenvalue weighted by molar-refractivity contribution is 8.10. The molecule has 0 bridgehead atoms. The number of carbonyl (C=O) groups is 1. The lowest BCUT2D eigenvalue weighted by Crippen LogP contribution is -2.00. The van der Waals surface area contributed by atoms with Crippen LogP contribution in [0.25, 0.3) is 4.91 Å². The number of carboxylic acids is 1. The molecule has 1 heterocycles. The number of thioether (sulfide) groups is 1. The summed E-state index contributed by atoms with van der Waals surface area (Å²) in [7, 11) is 0. The molecular formula is C12H9NO2S. The molecule has 0 radical (unpaired) electrons. The van der Waals surface area contributed by atoms with Crippen molar-refractivity contribution in [2.45, 2.75) is 0 Å². The van der Waals surface area contributed by atoms with Crippen molar-refractivity contribution in [1.29, 1.82) is 0 Å². The summed E-state index contributed by atoms with van der Waals surface area (Å²) in [5, 5.41) is 10.9. The normalized spacial score (nSPS) is 14.4. The van der Waals surface area contributed by atoms with Crippen LogP contribution in [0, 0.1) is 0 Å². The Morgan fingerprint density at radius 1 is 1.31 bits per heavy atom. The molecule has 1 N–H and O–H groups in total. The standard InChI is InChI=1S/C12H9NO2S/c14-12(15)10-5-2-1-4-9(10)11-8-13-6-3-7-16-11/h1-8H,(H,14,15). The Morgan fingerprint density at radius 3 is 2.94 bits per heavy atom. The first kappa shape index (κ1) is 10.7. The molecule has 2 rings (SSSR count). The topological polar surface area (TPSA) is 49.7 Å². The van der Waals surface area contributed by atoms with E-state index in [-0.39, 0.29) is 0 Å². The van der Waals surface area contributed by atoms with Crippen LogP contribution in [-0.4, -0.2) is 17.3 Å². The van der Waals surface area contributed by atoms with E-state index in [9.17, 15) is 4.79 Å². The van der Waals surface area contributed by atoms with Gasteiger partial charge in [0, 0.05) is 22.9 Å². The first-order valence-electron chi connectivity index (χ1n) is 4.67. The summed E-state index contributed by atoms with van der Waals surface area (Å²) in [6, 6.07) is 6.92. The molecule has 1 aromatic carbocycles. The zero-order chi connectivity index (χ0) is 11.4. The van der Waals surface area contributed by atoms with Gasteiger partial charge in [-0.15, -0.1) is 0 Å². The number of benzene rings is 1. The Morgan fingerprint density at radius 2 is 2.12 bits per heavy atom. The number of carboxylic acid groups (broad SMARTS) is 1. The lowest BCUT2D eigenvalue weighted by Gasteiger charge is -2.06. The van der Waals surface area contributed by atoms with Gasteiger partial charge in [-0.2, -0.15) is 0 Å². The van der Waals surface area contributed by atoms with Crippen molar-refractivity contribution in [2.75, 3.05) is 0 Å². The molecule has 4 heteroatoms. The smallest absolute Gasteiger partial charge is 0.336 e. The molecule has 0 aromatic heterocycles. The predicted molar refractivity (Wildman–Crippen MR) is 66.6 cm³/mol. The van der Waals surface area contributed by atoms with E-state index in [0.29, 0.717) is 11.1 Å². The number of allylic oxidation sites excluding steroid dienone is 1. The van der Waals surface area contributed by atoms with Crippen LogP contribution in [0.15, 0.2) is 46.9 Å². The summed E-state index contributed by atoms with van der Waals surface area (Å²) in [5.74, 6) is -0.922. The molecule has 0 amide bonds. The van der Waals surface area contributed by atoms with Gasteiger partial charge in [-0.3, -0.25) is 4.99 Å². The van der Waals surface area contributed by atoms with Crippen LogP contribution in [0.1, 0.15) is 15.9 Å². The minimum atomic E-state index is -0.922. The zero-order valence-electron chi connectivity index (χ0n) is 8.33. The minimum Gasteiger partial charge on any atom is -0.478 e. The number of aliphatic imine (C=N–C) groups is 1. The van der Waals surface area contributed by atoms with E-state index in [1.54, 1.807) is 30.6 Å². The van der Waals surface area contributed by atoms with Gasteiger partial charge in [0.15, 0.2) is 0 Å². The van der Waals surface area contributed by atoms with Crippen LogP contribution in [0.3, 0.4) is 0 Å². The fourth-order valence-corrected chi connectivity index (χ4v) is 2.08. The van der Waals surface area contributed by atoms with Crippen molar-refractivity contribution in [2.24, 2.45) is 4.99 Å². The molecule has 80 valence electrons. The molecule has 1 aromatic rings. The lowest BCUT2D eigenvalue weighted by molar-refractivity contribution is 0.0696. The highest BCUT2D eigenvalue weighted by Gasteiger charge is 2.12. The van der Waals surface area contributed by atoms with Crippen LogP contribution in [0.2, 0.25) is 0 Å². The highest BCUT2D eigenvalue weighted by atomic mass is 32.2. The van der Waals surface area contributed by atoms with E-state index in [1.165, 1.54) is 11.8 Å².